The van der Waals surface area contributed by atoms with Gasteiger partial charge in [0.05, 0.1) is 12.7 Å². The van der Waals surface area contributed by atoms with Crippen LogP contribution in [0.25, 0.3) is 0 Å². The second kappa shape index (κ2) is 5.11. The van der Waals surface area contributed by atoms with Crippen molar-refractivity contribution >= 4 is 12.3 Å². The minimum absolute atomic E-state index is 0.102. The van der Waals surface area contributed by atoms with Gasteiger partial charge in [-0.05, 0) is 18.2 Å². The fraction of sp³-hybridized carbons (Fsp3) is 0.200. The molecule has 0 spiro atoms. The molecule has 0 aliphatic rings. The van der Waals surface area contributed by atoms with E-state index in [4.69, 9.17) is 14.6 Å². The van der Waals surface area contributed by atoms with Crippen LogP contribution in [0.3, 0.4) is 0 Å². The number of aliphatic hydroxyl groups is 1. The summed E-state index contributed by atoms with van der Waals surface area (Å²) in [6.07, 6.45) is 0.544. The van der Waals surface area contributed by atoms with Gasteiger partial charge in [0.1, 0.15) is 18.1 Å². The average Bonchev–Trinajstić information content (AvgIpc) is 2.29. The van der Waals surface area contributed by atoms with E-state index >= 15 is 0 Å². The first-order valence-corrected chi connectivity index (χ1v) is 4.16. The van der Waals surface area contributed by atoms with Crippen LogP contribution in [0.2, 0.25) is 0 Å². The molecule has 1 aromatic rings. The Kier molecular flexibility index (Phi) is 3.82. The zero-order chi connectivity index (χ0) is 11.3. The fourth-order valence-corrected chi connectivity index (χ4v) is 0.993. The molecule has 0 saturated carbocycles. The van der Waals surface area contributed by atoms with E-state index in [1.807, 2.05) is 0 Å². The Bertz CT molecular complexity index is 372. The zero-order valence-corrected chi connectivity index (χ0v) is 8.10. The summed E-state index contributed by atoms with van der Waals surface area (Å²) in [6.45, 7) is -0.732. The van der Waals surface area contributed by atoms with Crippen molar-refractivity contribution in [2.75, 3.05) is 13.7 Å². The number of hydrogen-bond acceptors (Lipinski definition) is 5. The highest BCUT2D eigenvalue weighted by molar-refractivity contribution is 5.83. The molecular weight excluding hydrogens is 200 g/mol. The van der Waals surface area contributed by atoms with E-state index in [-0.39, 0.29) is 11.3 Å². The number of carbonyl (C=O) groups is 2. The van der Waals surface area contributed by atoms with Crippen molar-refractivity contribution in [3.05, 3.63) is 23.8 Å². The number of methoxy groups -OCH3 is 1. The van der Waals surface area contributed by atoms with Crippen molar-refractivity contribution < 1.29 is 24.2 Å². The molecule has 1 rings (SSSR count). The van der Waals surface area contributed by atoms with Gasteiger partial charge in [-0.2, -0.15) is 0 Å². The van der Waals surface area contributed by atoms with Crippen LogP contribution in [0.15, 0.2) is 18.2 Å². The molecular formula is C10H10O5. The molecule has 1 aromatic carbocycles. The van der Waals surface area contributed by atoms with Gasteiger partial charge in [-0.25, -0.2) is 4.79 Å². The highest BCUT2D eigenvalue weighted by Crippen LogP contribution is 2.22. The monoisotopic (exact) mass is 210 g/mol. The SMILES string of the molecule is COc1ccc(OC(=O)CO)c(C=O)c1. The van der Waals surface area contributed by atoms with E-state index < -0.39 is 12.6 Å². The molecule has 0 amide bonds. The Balaban J connectivity index is 2.97. The predicted molar refractivity (Wildman–Crippen MR) is 51.1 cm³/mol. The summed E-state index contributed by atoms with van der Waals surface area (Å²) >= 11 is 0. The molecule has 0 bridgehead atoms. The van der Waals surface area contributed by atoms with Crippen molar-refractivity contribution in [1.29, 1.82) is 0 Å². The van der Waals surface area contributed by atoms with Crippen molar-refractivity contribution in [3.63, 3.8) is 0 Å². The number of aliphatic hydroxyl groups excluding tert-OH is 1. The minimum atomic E-state index is -0.816. The fourth-order valence-electron chi connectivity index (χ4n) is 0.993. The van der Waals surface area contributed by atoms with Gasteiger partial charge in [-0.3, -0.25) is 4.79 Å². The van der Waals surface area contributed by atoms with Crippen LogP contribution < -0.4 is 9.47 Å². The maximum absolute atomic E-state index is 10.8. The van der Waals surface area contributed by atoms with Crippen molar-refractivity contribution in [3.8, 4) is 11.5 Å². The van der Waals surface area contributed by atoms with Gasteiger partial charge in [-0.1, -0.05) is 0 Å². The first kappa shape index (κ1) is 11.2. The Morgan fingerprint density at radius 1 is 1.53 bits per heavy atom. The highest BCUT2D eigenvalue weighted by atomic mass is 16.5. The molecule has 0 aliphatic carbocycles. The molecule has 0 aliphatic heterocycles. The number of rotatable bonds is 4. The van der Waals surface area contributed by atoms with E-state index in [1.54, 1.807) is 6.07 Å². The lowest BCUT2D eigenvalue weighted by molar-refractivity contribution is -0.137. The maximum atomic E-state index is 10.8. The largest absolute Gasteiger partial charge is 0.497 e. The predicted octanol–water partition coefficient (Wildman–Crippen LogP) is 0.405. The summed E-state index contributed by atoms with van der Waals surface area (Å²) in [6, 6.07) is 4.41. The molecule has 0 fully saturated rings. The first-order valence-electron chi connectivity index (χ1n) is 4.16. The summed E-state index contributed by atoms with van der Waals surface area (Å²) in [5, 5.41) is 8.47. The van der Waals surface area contributed by atoms with E-state index in [9.17, 15) is 9.59 Å². The molecule has 5 nitrogen and oxygen atoms in total. The average molecular weight is 210 g/mol. The Labute approximate surface area is 86.2 Å². The molecule has 15 heavy (non-hydrogen) atoms. The number of benzene rings is 1. The lowest BCUT2D eigenvalue weighted by atomic mass is 10.2. The van der Waals surface area contributed by atoms with Gasteiger partial charge in [0.2, 0.25) is 0 Å². The summed E-state index contributed by atoms with van der Waals surface area (Å²) < 4.78 is 9.60. The Morgan fingerprint density at radius 2 is 2.27 bits per heavy atom. The van der Waals surface area contributed by atoms with Crippen LogP contribution in [0.1, 0.15) is 10.4 Å². The van der Waals surface area contributed by atoms with E-state index in [2.05, 4.69) is 0 Å². The van der Waals surface area contributed by atoms with Crippen LogP contribution in [0, 0.1) is 0 Å². The topological polar surface area (TPSA) is 72.8 Å². The molecule has 0 heterocycles. The van der Waals surface area contributed by atoms with Gasteiger partial charge < -0.3 is 14.6 Å². The third kappa shape index (κ3) is 2.78. The first-order chi connectivity index (χ1) is 7.21. The summed E-state index contributed by atoms with van der Waals surface area (Å²) in [7, 11) is 1.46. The van der Waals surface area contributed by atoms with Crippen molar-refractivity contribution in [2.45, 2.75) is 0 Å². The van der Waals surface area contributed by atoms with Crippen LogP contribution >= 0.6 is 0 Å². The molecule has 5 heteroatoms. The van der Waals surface area contributed by atoms with E-state index in [0.717, 1.165) is 0 Å². The standard InChI is InChI=1S/C10H10O5/c1-14-8-2-3-9(7(4-8)5-11)15-10(13)6-12/h2-5,12H,6H2,1H3. The van der Waals surface area contributed by atoms with Gasteiger partial charge in [0.25, 0.3) is 0 Å². The molecule has 0 radical (unpaired) electrons. The number of ether oxygens (including phenoxy) is 2. The van der Waals surface area contributed by atoms with Gasteiger partial charge >= 0.3 is 5.97 Å². The van der Waals surface area contributed by atoms with E-state index in [0.29, 0.717) is 12.0 Å². The molecule has 0 aromatic heterocycles. The smallest absolute Gasteiger partial charge is 0.337 e. The molecule has 0 saturated heterocycles. The zero-order valence-electron chi connectivity index (χ0n) is 8.10. The van der Waals surface area contributed by atoms with E-state index in [1.165, 1.54) is 19.2 Å². The van der Waals surface area contributed by atoms with Crippen molar-refractivity contribution in [2.24, 2.45) is 0 Å². The number of carbonyl (C=O) groups excluding carboxylic acids is 2. The second-order valence-corrected chi connectivity index (χ2v) is 2.65. The molecule has 0 atom stereocenters. The van der Waals surface area contributed by atoms with Crippen LogP contribution in [0.4, 0.5) is 0 Å². The number of aldehydes is 1. The van der Waals surface area contributed by atoms with Crippen LogP contribution in [-0.2, 0) is 4.79 Å². The summed E-state index contributed by atoms with van der Waals surface area (Å²) in [5.41, 5.74) is 0.191. The molecule has 1 N–H and O–H groups in total. The van der Waals surface area contributed by atoms with Gasteiger partial charge in [-0.15, -0.1) is 0 Å². The van der Waals surface area contributed by atoms with Crippen molar-refractivity contribution in [1.82, 2.24) is 0 Å². The Morgan fingerprint density at radius 3 is 2.80 bits per heavy atom. The summed E-state index contributed by atoms with van der Waals surface area (Å²) in [5.74, 6) is -0.228. The molecule has 80 valence electrons. The molecule has 0 unspecified atom stereocenters. The second-order valence-electron chi connectivity index (χ2n) is 2.65. The number of hydrogen-bond donors (Lipinski definition) is 1. The van der Waals surface area contributed by atoms with Crippen LogP contribution in [0.5, 0.6) is 11.5 Å². The summed E-state index contributed by atoms with van der Waals surface area (Å²) in [4.78, 5) is 21.4. The lowest BCUT2D eigenvalue weighted by Gasteiger charge is -2.06. The lowest BCUT2D eigenvalue weighted by Crippen LogP contribution is -2.13. The normalized spacial score (nSPS) is 9.47. The third-order valence-electron chi connectivity index (χ3n) is 1.70. The number of esters is 1. The van der Waals surface area contributed by atoms with Gasteiger partial charge in [0.15, 0.2) is 6.29 Å². The quantitative estimate of drug-likeness (QED) is 0.442. The highest BCUT2D eigenvalue weighted by Gasteiger charge is 2.08. The maximum Gasteiger partial charge on any atom is 0.337 e. The van der Waals surface area contributed by atoms with Gasteiger partial charge in [0, 0.05) is 0 Å². The third-order valence-corrected chi connectivity index (χ3v) is 1.70. The van der Waals surface area contributed by atoms with Crippen LogP contribution in [-0.4, -0.2) is 31.1 Å². The minimum Gasteiger partial charge on any atom is -0.497 e. The Hall–Kier alpha value is -1.88.